The van der Waals surface area contributed by atoms with Gasteiger partial charge in [0.15, 0.2) is 0 Å². The van der Waals surface area contributed by atoms with Crippen molar-refractivity contribution in [2.24, 2.45) is 0 Å². The maximum Gasteiger partial charge on any atom is 0.119 e. The molecule has 1 aliphatic carbocycles. The second-order valence-electron chi connectivity index (χ2n) is 10.6. The van der Waals surface area contributed by atoms with Crippen LogP contribution in [0.5, 0.6) is 11.5 Å². The lowest BCUT2D eigenvalue weighted by atomic mass is 9.68. The normalized spacial score (nSPS) is 19.3. The fourth-order valence-corrected chi connectivity index (χ4v) is 5.82. The van der Waals surface area contributed by atoms with Crippen LogP contribution in [0.25, 0.3) is 11.1 Å². The van der Waals surface area contributed by atoms with Crippen LogP contribution in [0, 0.1) is 0 Å². The van der Waals surface area contributed by atoms with Gasteiger partial charge in [-0.15, -0.1) is 0 Å². The summed E-state index contributed by atoms with van der Waals surface area (Å²) in [6.07, 6.45) is 0.537. The van der Waals surface area contributed by atoms with Crippen molar-refractivity contribution in [2.45, 2.75) is 17.6 Å². The minimum atomic E-state index is -0.467. The minimum absolute atomic E-state index is 0.268. The van der Waals surface area contributed by atoms with Crippen LogP contribution in [0.2, 0.25) is 0 Å². The van der Waals surface area contributed by atoms with Crippen molar-refractivity contribution in [3.8, 4) is 22.6 Å². The van der Waals surface area contributed by atoms with Crippen LogP contribution in [0.15, 0.2) is 97.1 Å². The maximum absolute atomic E-state index is 5.99. The first-order valence-corrected chi connectivity index (χ1v) is 14.4. The van der Waals surface area contributed by atoms with Crippen LogP contribution in [0.4, 0.5) is 0 Å². The highest BCUT2D eigenvalue weighted by Crippen LogP contribution is 2.56. The average molecular weight is 551 g/mol. The molecule has 2 heterocycles. The number of hydrogen-bond acceptors (Lipinski definition) is 6. The van der Waals surface area contributed by atoms with Crippen LogP contribution in [-0.2, 0) is 24.4 Å². The summed E-state index contributed by atoms with van der Waals surface area (Å²) in [5, 5.41) is 0. The second-order valence-corrected chi connectivity index (χ2v) is 10.6. The molecular formula is C35H34O6. The lowest BCUT2D eigenvalue weighted by Gasteiger charge is -2.34. The first-order chi connectivity index (χ1) is 20.3. The molecular weight excluding hydrogens is 516 g/mol. The molecule has 0 aromatic heterocycles. The molecule has 2 atom stereocenters. The molecule has 0 radical (unpaired) electrons. The monoisotopic (exact) mass is 550 g/mol. The Morgan fingerprint density at radius 2 is 0.951 bits per heavy atom. The fraction of sp³-hybridized carbons (Fsp3) is 0.314. The number of fused-ring (bicyclic) bond motifs is 3. The summed E-state index contributed by atoms with van der Waals surface area (Å²) in [7, 11) is 0. The van der Waals surface area contributed by atoms with Gasteiger partial charge in [0.2, 0.25) is 0 Å². The molecule has 0 spiro atoms. The maximum atomic E-state index is 5.99. The van der Waals surface area contributed by atoms with Gasteiger partial charge in [-0.25, -0.2) is 0 Å². The summed E-state index contributed by atoms with van der Waals surface area (Å²) >= 11 is 0. The Hall–Kier alpha value is -3.68. The van der Waals surface area contributed by atoms with Crippen molar-refractivity contribution >= 4 is 0 Å². The standard InChI is InChI=1S/C35H34O6/c1-3-7-33-31(5-1)32-6-2-4-8-34(32)35(33,25-9-13-27(14-10-25)38-19-17-36-21-29-23-40-29)26-11-15-28(16-12-26)39-20-18-37-22-30-24-41-30/h1-16,29-30H,17-24H2/t29-,30+. The second kappa shape index (κ2) is 11.7. The molecule has 2 saturated heterocycles. The Morgan fingerprint density at radius 3 is 1.37 bits per heavy atom. The van der Waals surface area contributed by atoms with Crippen LogP contribution < -0.4 is 9.47 Å². The van der Waals surface area contributed by atoms with E-state index < -0.39 is 5.41 Å². The Kier molecular flexibility index (Phi) is 7.46. The zero-order valence-corrected chi connectivity index (χ0v) is 23.0. The molecule has 4 aromatic rings. The van der Waals surface area contributed by atoms with Crippen molar-refractivity contribution in [2.75, 3.05) is 52.9 Å². The zero-order chi connectivity index (χ0) is 27.5. The predicted octanol–water partition coefficient (Wildman–Crippen LogP) is 5.64. The van der Waals surface area contributed by atoms with E-state index in [-0.39, 0.29) is 12.2 Å². The highest BCUT2D eigenvalue weighted by Gasteiger charge is 2.45. The number of benzene rings is 4. The van der Waals surface area contributed by atoms with Gasteiger partial charge in [0.25, 0.3) is 0 Å². The van der Waals surface area contributed by atoms with E-state index in [2.05, 4.69) is 97.1 Å². The molecule has 0 N–H and O–H groups in total. The van der Waals surface area contributed by atoms with Gasteiger partial charge in [0.1, 0.15) is 36.9 Å². The summed E-state index contributed by atoms with van der Waals surface area (Å²) in [6.45, 7) is 4.97. The Morgan fingerprint density at radius 1 is 0.537 bits per heavy atom. The molecule has 6 nitrogen and oxygen atoms in total. The van der Waals surface area contributed by atoms with E-state index in [0.717, 1.165) is 24.7 Å². The largest absolute Gasteiger partial charge is 0.491 e. The molecule has 2 aliphatic heterocycles. The molecule has 0 unspecified atom stereocenters. The van der Waals surface area contributed by atoms with Gasteiger partial charge >= 0.3 is 0 Å². The van der Waals surface area contributed by atoms with Gasteiger partial charge in [-0.05, 0) is 57.6 Å². The van der Waals surface area contributed by atoms with Crippen molar-refractivity contribution in [3.63, 3.8) is 0 Å². The Labute approximate surface area is 240 Å². The van der Waals surface area contributed by atoms with Gasteiger partial charge in [0, 0.05) is 0 Å². The molecule has 7 rings (SSSR count). The van der Waals surface area contributed by atoms with Crippen molar-refractivity contribution in [1.82, 2.24) is 0 Å². The first kappa shape index (κ1) is 26.2. The third-order valence-electron chi connectivity index (χ3n) is 7.93. The van der Waals surface area contributed by atoms with E-state index >= 15 is 0 Å². The molecule has 3 aliphatic rings. The molecule has 0 amide bonds. The number of ether oxygens (including phenoxy) is 6. The summed E-state index contributed by atoms with van der Waals surface area (Å²) in [5.41, 5.74) is 6.98. The summed E-state index contributed by atoms with van der Waals surface area (Å²) < 4.78 is 33.6. The van der Waals surface area contributed by atoms with Crippen LogP contribution in [0.3, 0.4) is 0 Å². The first-order valence-electron chi connectivity index (χ1n) is 14.4. The predicted molar refractivity (Wildman–Crippen MR) is 156 cm³/mol. The zero-order valence-electron chi connectivity index (χ0n) is 23.0. The lowest BCUT2D eigenvalue weighted by Crippen LogP contribution is -2.28. The SMILES string of the molecule is c1ccc2c(c1)-c1ccccc1C2(c1ccc(OCCOC[C@@H]2CO2)cc1)c1ccc(OCCOC[C@H]2CO2)cc1. The van der Waals surface area contributed by atoms with E-state index in [4.69, 9.17) is 28.4 Å². The lowest BCUT2D eigenvalue weighted by molar-refractivity contribution is 0.0878. The molecule has 0 bridgehead atoms. The average Bonchev–Trinajstić information content (AvgIpc) is 3.96. The van der Waals surface area contributed by atoms with Crippen molar-refractivity contribution < 1.29 is 28.4 Å². The third-order valence-corrected chi connectivity index (χ3v) is 7.93. The van der Waals surface area contributed by atoms with Gasteiger partial charge in [-0.3, -0.25) is 0 Å². The molecule has 210 valence electrons. The topological polar surface area (TPSA) is 62.0 Å². The Balaban J connectivity index is 1.16. The minimum Gasteiger partial charge on any atom is -0.491 e. The highest BCUT2D eigenvalue weighted by molar-refractivity contribution is 5.86. The van der Waals surface area contributed by atoms with Crippen LogP contribution in [-0.4, -0.2) is 65.1 Å². The number of epoxide rings is 2. The number of hydrogen-bond donors (Lipinski definition) is 0. The Bertz CT molecular complexity index is 1340. The van der Waals surface area contributed by atoms with Gasteiger partial charge < -0.3 is 28.4 Å². The van der Waals surface area contributed by atoms with Crippen molar-refractivity contribution in [1.29, 1.82) is 0 Å². The number of rotatable bonds is 14. The van der Waals surface area contributed by atoms with Crippen molar-refractivity contribution in [3.05, 3.63) is 119 Å². The third kappa shape index (κ3) is 5.48. The van der Waals surface area contributed by atoms with Gasteiger partial charge in [-0.1, -0.05) is 72.8 Å². The van der Waals surface area contributed by atoms with Crippen LogP contribution >= 0.6 is 0 Å². The summed E-state index contributed by atoms with van der Waals surface area (Å²) in [5.74, 6) is 1.66. The molecule has 0 saturated carbocycles. The quantitative estimate of drug-likeness (QED) is 0.132. The summed E-state index contributed by atoms with van der Waals surface area (Å²) in [6, 6.07) is 34.5. The van der Waals surface area contributed by atoms with E-state index in [9.17, 15) is 0 Å². The van der Waals surface area contributed by atoms with Gasteiger partial charge in [0.05, 0.1) is 45.1 Å². The van der Waals surface area contributed by atoms with Gasteiger partial charge in [-0.2, -0.15) is 0 Å². The smallest absolute Gasteiger partial charge is 0.119 e. The van der Waals surface area contributed by atoms with Crippen LogP contribution in [0.1, 0.15) is 22.3 Å². The highest BCUT2D eigenvalue weighted by atomic mass is 16.6. The van der Waals surface area contributed by atoms with E-state index in [1.807, 2.05) is 0 Å². The van der Waals surface area contributed by atoms with E-state index in [1.165, 1.54) is 33.4 Å². The van der Waals surface area contributed by atoms with E-state index in [1.54, 1.807) is 0 Å². The molecule has 6 heteroatoms. The summed E-state index contributed by atoms with van der Waals surface area (Å²) in [4.78, 5) is 0. The van der Waals surface area contributed by atoms with E-state index in [0.29, 0.717) is 39.6 Å². The molecule has 41 heavy (non-hydrogen) atoms. The molecule has 2 fully saturated rings. The fourth-order valence-electron chi connectivity index (χ4n) is 5.82. The molecule has 4 aromatic carbocycles.